The van der Waals surface area contributed by atoms with Crippen molar-refractivity contribution in [1.29, 1.82) is 0 Å². The third-order valence-electron chi connectivity index (χ3n) is 2.28. The topological polar surface area (TPSA) is 63.1 Å². The first kappa shape index (κ1) is 8.62. The van der Waals surface area contributed by atoms with Crippen LogP contribution in [0.2, 0.25) is 0 Å². The minimum atomic E-state index is -0.799. The Morgan fingerprint density at radius 3 is 2.77 bits per heavy atom. The number of aromatic nitrogens is 2. The van der Waals surface area contributed by atoms with Crippen LogP contribution < -0.4 is 0 Å². The maximum absolute atomic E-state index is 11.0. The zero-order valence-electron chi connectivity index (χ0n) is 6.70. The third-order valence-corrected chi connectivity index (χ3v) is 2.86. The van der Waals surface area contributed by atoms with Gasteiger partial charge in [-0.05, 0) is 28.8 Å². The zero-order valence-corrected chi connectivity index (χ0v) is 8.28. The standard InChI is InChI=1S/C8H7BrN2O2/c9-5-3-10-4-11-6(5)8(1-2-8)7(12)13/h3-4H,1-2H2,(H,12,13). The van der Waals surface area contributed by atoms with Crippen LogP contribution in [0.25, 0.3) is 0 Å². The highest BCUT2D eigenvalue weighted by Crippen LogP contribution is 2.49. The van der Waals surface area contributed by atoms with Gasteiger partial charge in [-0.2, -0.15) is 0 Å². The van der Waals surface area contributed by atoms with Gasteiger partial charge in [-0.25, -0.2) is 9.97 Å². The van der Waals surface area contributed by atoms with Gasteiger partial charge in [-0.3, -0.25) is 4.79 Å². The molecule has 68 valence electrons. The van der Waals surface area contributed by atoms with Crippen LogP contribution in [-0.4, -0.2) is 21.0 Å². The molecule has 0 atom stereocenters. The summed E-state index contributed by atoms with van der Waals surface area (Å²) >= 11 is 3.25. The lowest BCUT2D eigenvalue weighted by Gasteiger charge is -2.09. The van der Waals surface area contributed by atoms with Crippen molar-refractivity contribution in [2.24, 2.45) is 0 Å². The van der Waals surface area contributed by atoms with Crippen LogP contribution >= 0.6 is 15.9 Å². The summed E-state index contributed by atoms with van der Waals surface area (Å²) in [5, 5.41) is 9.00. The molecule has 0 spiro atoms. The van der Waals surface area contributed by atoms with Crippen LogP contribution in [0.4, 0.5) is 0 Å². The van der Waals surface area contributed by atoms with Crippen molar-refractivity contribution in [1.82, 2.24) is 9.97 Å². The molecule has 0 aliphatic heterocycles. The fourth-order valence-corrected chi connectivity index (χ4v) is 1.94. The summed E-state index contributed by atoms with van der Waals surface area (Å²) in [7, 11) is 0. The van der Waals surface area contributed by atoms with Crippen molar-refractivity contribution in [2.75, 3.05) is 0 Å². The second kappa shape index (κ2) is 2.77. The number of carboxylic acids is 1. The Morgan fingerprint density at radius 1 is 1.62 bits per heavy atom. The van der Waals surface area contributed by atoms with Crippen molar-refractivity contribution in [3.63, 3.8) is 0 Å². The Morgan fingerprint density at radius 2 is 2.31 bits per heavy atom. The monoisotopic (exact) mass is 242 g/mol. The van der Waals surface area contributed by atoms with E-state index in [0.717, 1.165) is 0 Å². The Kier molecular flexibility index (Phi) is 1.83. The minimum absolute atomic E-state index is 0.593. The predicted molar refractivity (Wildman–Crippen MR) is 48.3 cm³/mol. The Bertz CT molecular complexity index is 363. The molecule has 0 radical (unpaired) electrons. The molecule has 4 nitrogen and oxygen atoms in total. The van der Waals surface area contributed by atoms with E-state index in [1.165, 1.54) is 6.33 Å². The normalized spacial score (nSPS) is 18.2. The van der Waals surface area contributed by atoms with Gasteiger partial charge in [0.15, 0.2) is 0 Å². The molecular formula is C8H7BrN2O2. The lowest BCUT2D eigenvalue weighted by molar-refractivity contribution is -0.140. The Labute approximate surface area is 83.1 Å². The molecule has 1 heterocycles. The lowest BCUT2D eigenvalue weighted by Crippen LogP contribution is -2.21. The van der Waals surface area contributed by atoms with Gasteiger partial charge >= 0.3 is 5.97 Å². The number of rotatable bonds is 2. The number of hydrogen-bond donors (Lipinski definition) is 1. The number of halogens is 1. The first-order chi connectivity index (χ1) is 6.17. The zero-order chi connectivity index (χ0) is 9.47. The summed E-state index contributed by atoms with van der Waals surface area (Å²) in [6.07, 6.45) is 4.28. The minimum Gasteiger partial charge on any atom is -0.481 e. The summed E-state index contributed by atoms with van der Waals surface area (Å²) in [5.74, 6) is -0.799. The fraction of sp³-hybridized carbons (Fsp3) is 0.375. The number of carbonyl (C=O) groups is 1. The average molecular weight is 243 g/mol. The maximum atomic E-state index is 11.0. The van der Waals surface area contributed by atoms with Crippen molar-refractivity contribution >= 4 is 21.9 Å². The van der Waals surface area contributed by atoms with Crippen molar-refractivity contribution in [3.8, 4) is 0 Å². The molecule has 1 fully saturated rings. The molecular weight excluding hydrogens is 236 g/mol. The molecule has 0 bridgehead atoms. The van der Waals surface area contributed by atoms with Gasteiger partial charge in [0.1, 0.15) is 11.7 Å². The van der Waals surface area contributed by atoms with E-state index in [2.05, 4.69) is 25.9 Å². The van der Waals surface area contributed by atoms with E-state index in [1.54, 1.807) is 6.20 Å². The van der Waals surface area contributed by atoms with Crippen molar-refractivity contribution in [2.45, 2.75) is 18.3 Å². The Balaban J connectivity index is 2.47. The van der Waals surface area contributed by atoms with E-state index in [9.17, 15) is 4.79 Å². The highest BCUT2D eigenvalue weighted by atomic mass is 79.9. The lowest BCUT2D eigenvalue weighted by atomic mass is 10.0. The molecule has 1 aliphatic carbocycles. The summed E-state index contributed by atoms with van der Waals surface area (Å²) in [4.78, 5) is 18.7. The highest BCUT2D eigenvalue weighted by molar-refractivity contribution is 9.10. The molecule has 1 saturated carbocycles. The summed E-state index contributed by atoms with van der Waals surface area (Å²) in [5.41, 5.74) is -0.156. The highest BCUT2D eigenvalue weighted by Gasteiger charge is 2.54. The quantitative estimate of drug-likeness (QED) is 0.851. The number of nitrogens with zero attached hydrogens (tertiary/aromatic N) is 2. The molecule has 1 N–H and O–H groups in total. The molecule has 1 aromatic heterocycles. The maximum Gasteiger partial charge on any atom is 0.315 e. The van der Waals surface area contributed by atoms with E-state index in [1.807, 2.05) is 0 Å². The van der Waals surface area contributed by atoms with Gasteiger partial charge in [0.2, 0.25) is 0 Å². The van der Waals surface area contributed by atoms with Crippen LogP contribution in [-0.2, 0) is 10.2 Å². The van der Waals surface area contributed by atoms with Crippen molar-refractivity contribution < 1.29 is 9.90 Å². The summed E-state index contributed by atoms with van der Waals surface area (Å²) in [6, 6.07) is 0. The van der Waals surface area contributed by atoms with E-state index in [4.69, 9.17) is 5.11 Å². The van der Waals surface area contributed by atoms with Gasteiger partial charge in [-0.1, -0.05) is 0 Å². The van der Waals surface area contributed by atoms with Gasteiger partial charge < -0.3 is 5.11 Å². The molecule has 0 saturated heterocycles. The molecule has 0 unspecified atom stereocenters. The van der Waals surface area contributed by atoms with Crippen LogP contribution in [0.3, 0.4) is 0 Å². The summed E-state index contributed by atoms with van der Waals surface area (Å²) < 4.78 is 0.676. The second-order valence-electron chi connectivity index (χ2n) is 3.11. The second-order valence-corrected chi connectivity index (χ2v) is 3.96. The molecule has 1 aliphatic rings. The number of carboxylic acid groups (broad SMARTS) is 1. The van der Waals surface area contributed by atoms with Crippen LogP contribution in [0.5, 0.6) is 0 Å². The van der Waals surface area contributed by atoms with Gasteiger partial charge in [0.05, 0.1) is 10.2 Å². The first-order valence-electron chi connectivity index (χ1n) is 3.86. The van der Waals surface area contributed by atoms with Crippen LogP contribution in [0.15, 0.2) is 17.0 Å². The SMILES string of the molecule is O=C(O)C1(c2ncncc2Br)CC1. The fourth-order valence-electron chi connectivity index (χ4n) is 1.34. The molecule has 1 aromatic rings. The smallest absolute Gasteiger partial charge is 0.315 e. The molecule has 13 heavy (non-hydrogen) atoms. The van der Waals surface area contributed by atoms with Gasteiger partial charge in [0.25, 0.3) is 0 Å². The summed E-state index contributed by atoms with van der Waals surface area (Å²) in [6.45, 7) is 0. The average Bonchev–Trinajstić information content (AvgIpc) is 2.85. The van der Waals surface area contributed by atoms with Crippen molar-refractivity contribution in [3.05, 3.63) is 22.7 Å². The largest absolute Gasteiger partial charge is 0.481 e. The number of hydrogen-bond acceptors (Lipinski definition) is 3. The van der Waals surface area contributed by atoms with E-state index >= 15 is 0 Å². The van der Waals surface area contributed by atoms with Crippen LogP contribution in [0, 0.1) is 0 Å². The van der Waals surface area contributed by atoms with E-state index < -0.39 is 11.4 Å². The van der Waals surface area contributed by atoms with Crippen LogP contribution in [0.1, 0.15) is 18.5 Å². The first-order valence-corrected chi connectivity index (χ1v) is 4.65. The molecule has 0 aromatic carbocycles. The van der Waals surface area contributed by atoms with E-state index in [0.29, 0.717) is 23.0 Å². The molecule has 2 rings (SSSR count). The Hall–Kier alpha value is -0.970. The van der Waals surface area contributed by atoms with E-state index in [-0.39, 0.29) is 0 Å². The molecule has 0 amide bonds. The van der Waals surface area contributed by atoms with Gasteiger partial charge in [0, 0.05) is 6.20 Å². The predicted octanol–water partition coefficient (Wildman–Crippen LogP) is 1.36. The molecule has 5 heteroatoms. The number of aliphatic carboxylic acids is 1. The van der Waals surface area contributed by atoms with Gasteiger partial charge in [-0.15, -0.1) is 0 Å². The third kappa shape index (κ3) is 1.23.